The summed E-state index contributed by atoms with van der Waals surface area (Å²) < 4.78 is 5.29. The first kappa shape index (κ1) is 9.01. The smallest absolute Gasteiger partial charge is 0.0468 e. The van der Waals surface area contributed by atoms with E-state index in [1.54, 1.807) is 0 Å². The largest absolute Gasteiger partial charge is 0.381 e. The Hall–Kier alpha value is -0.0800. The second-order valence-corrected chi connectivity index (χ2v) is 3.30. The highest BCUT2D eigenvalue weighted by Crippen LogP contribution is 2.19. The van der Waals surface area contributed by atoms with Crippen molar-refractivity contribution in [3.05, 3.63) is 0 Å². The van der Waals surface area contributed by atoms with Crippen molar-refractivity contribution in [3.8, 4) is 0 Å². The molecule has 0 aromatic carbocycles. The third-order valence-corrected chi connectivity index (χ3v) is 2.38. The van der Waals surface area contributed by atoms with Gasteiger partial charge in [-0.2, -0.15) is 0 Å². The SMILES string of the molecule is CNCCCC1CCOCC1. The van der Waals surface area contributed by atoms with Crippen LogP contribution in [0.3, 0.4) is 0 Å². The van der Waals surface area contributed by atoms with Crippen LogP contribution < -0.4 is 5.32 Å². The van der Waals surface area contributed by atoms with E-state index in [4.69, 9.17) is 4.74 Å². The minimum absolute atomic E-state index is 0.942. The molecular formula is C9H19NO. The van der Waals surface area contributed by atoms with Crippen molar-refractivity contribution in [2.45, 2.75) is 25.7 Å². The first-order valence-corrected chi connectivity index (χ1v) is 4.66. The Morgan fingerprint density at radius 1 is 1.36 bits per heavy atom. The molecule has 2 nitrogen and oxygen atoms in total. The predicted octanol–water partition coefficient (Wildman–Crippen LogP) is 1.41. The molecule has 0 bridgehead atoms. The molecule has 66 valence electrons. The average Bonchev–Trinajstić information content (AvgIpc) is 2.07. The minimum Gasteiger partial charge on any atom is -0.381 e. The molecule has 1 aliphatic rings. The molecule has 0 amide bonds. The van der Waals surface area contributed by atoms with Gasteiger partial charge in [-0.3, -0.25) is 0 Å². The molecule has 0 aromatic heterocycles. The minimum atomic E-state index is 0.942. The van der Waals surface area contributed by atoms with Crippen LogP contribution in [-0.2, 0) is 4.74 Å². The maximum Gasteiger partial charge on any atom is 0.0468 e. The molecule has 1 heterocycles. The average molecular weight is 157 g/mol. The third-order valence-electron chi connectivity index (χ3n) is 2.38. The summed E-state index contributed by atoms with van der Waals surface area (Å²) in [6.07, 6.45) is 5.26. The molecule has 0 unspecified atom stereocenters. The Labute approximate surface area is 69.3 Å². The number of nitrogens with one attached hydrogen (secondary N) is 1. The zero-order valence-electron chi connectivity index (χ0n) is 7.44. The maximum atomic E-state index is 5.29. The fourth-order valence-corrected chi connectivity index (χ4v) is 1.60. The fraction of sp³-hybridized carbons (Fsp3) is 1.00. The molecule has 0 aromatic rings. The quantitative estimate of drug-likeness (QED) is 0.623. The van der Waals surface area contributed by atoms with Crippen LogP contribution in [0.4, 0.5) is 0 Å². The molecular weight excluding hydrogens is 138 g/mol. The summed E-state index contributed by atoms with van der Waals surface area (Å²) >= 11 is 0. The zero-order valence-corrected chi connectivity index (χ0v) is 7.44. The van der Waals surface area contributed by atoms with E-state index in [-0.39, 0.29) is 0 Å². The summed E-state index contributed by atoms with van der Waals surface area (Å²) in [4.78, 5) is 0. The van der Waals surface area contributed by atoms with Crippen LogP contribution >= 0.6 is 0 Å². The maximum absolute atomic E-state index is 5.29. The van der Waals surface area contributed by atoms with E-state index in [0.29, 0.717) is 0 Å². The first-order valence-electron chi connectivity index (χ1n) is 4.66. The zero-order chi connectivity index (χ0) is 7.94. The van der Waals surface area contributed by atoms with Crippen molar-refractivity contribution >= 4 is 0 Å². The predicted molar refractivity (Wildman–Crippen MR) is 46.7 cm³/mol. The summed E-state index contributed by atoms with van der Waals surface area (Å²) in [6, 6.07) is 0. The van der Waals surface area contributed by atoms with Crippen molar-refractivity contribution in [1.82, 2.24) is 5.32 Å². The van der Waals surface area contributed by atoms with Crippen LogP contribution in [0, 0.1) is 5.92 Å². The van der Waals surface area contributed by atoms with Crippen LogP contribution in [0.5, 0.6) is 0 Å². The molecule has 11 heavy (non-hydrogen) atoms. The molecule has 0 saturated carbocycles. The van der Waals surface area contributed by atoms with Gasteiger partial charge >= 0.3 is 0 Å². The molecule has 1 fully saturated rings. The van der Waals surface area contributed by atoms with E-state index in [0.717, 1.165) is 25.7 Å². The Kier molecular flexibility index (Phi) is 4.55. The highest BCUT2D eigenvalue weighted by Gasteiger charge is 2.12. The van der Waals surface area contributed by atoms with Crippen LogP contribution in [0.2, 0.25) is 0 Å². The number of hydrogen-bond donors (Lipinski definition) is 1. The fourth-order valence-electron chi connectivity index (χ4n) is 1.60. The third kappa shape index (κ3) is 3.73. The summed E-state index contributed by atoms with van der Waals surface area (Å²) in [5.74, 6) is 0.942. The standard InChI is InChI=1S/C9H19NO/c1-10-6-2-3-9-4-7-11-8-5-9/h9-10H,2-8H2,1H3. The van der Waals surface area contributed by atoms with Crippen molar-refractivity contribution in [3.63, 3.8) is 0 Å². The highest BCUT2D eigenvalue weighted by molar-refractivity contribution is 4.63. The van der Waals surface area contributed by atoms with E-state index in [1.165, 1.54) is 25.7 Å². The Morgan fingerprint density at radius 3 is 2.73 bits per heavy atom. The molecule has 0 atom stereocenters. The van der Waals surface area contributed by atoms with E-state index in [2.05, 4.69) is 5.32 Å². The molecule has 0 spiro atoms. The number of ether oxygens (including phenoxy) is 1. The van der Waals surface area contributed by atoms with E-state index in [1.807, 2.05) is 7.05 Å². The first-order chi connectivity index (χ1) is 5.43. The number of hydrogen-bond acceptors (Lipinski definition) is 2. The lowest BCUT2D eigenvalue weighted by molar-refractivity contribution is 0.0634. The molecule has 1 rings (SSSR count). The summed E-state index contributed by atoms with van der Waals surface area (Å²) in [5.41, 5.74) is 0. The van der Waals surface area contributed by atoms with Gasteiger partial charge in [0.1, 0.15) is 0 Å². The van der Waals surface area contributed by atoms with Crippen molar-refractivity contribution in [1.29, 1.82) is 0 Å². The van der Waals surface area contributed by atoms with Crippen LogP contribution in [0.1, 0.15) is 25.7 Å². The van der Waals surface area contributed by atoms with Gasteiger partial charge in [-0.05, 0) is 45.2 Å². The summed E-state index contributed by atoms with van der Waals surface area (Å²) in [6.45, 7) is 3.14. The van der Waals surface area contributed by atoms with Crippen LogP contribution in [0.25, 0.3) is 0 Å². The summed E-state index contributed by atoms with van der Waals surface area (Å²) in [5, 5.41) is 3.18. The van der Waals surface area contributed by atoms with Gasteiger partial charge in [0, 0.05) is 13.2 Å². The Morgan fingerprint density at radius 2 is 2.09 bits per heavy atom. The van der Waals surface area contributed by atoms with E-state index >= 15 is 0 Å². The second kappa shape index (κ2) is 5.56. The topological polar surface area (TPSA) is 21.3 Å². The van der Waals surface area contributed by atoms with E-state index in [9.17, 15) is 0 Å². The molecule has 1 saturated heterocycles. The Balaban J connectivity index is 1.96. The van der Waals surface area contributed by atoms with Gasteiger partial charge in [-0.15, -0.1) is 0 Å². The van der Waals surface area contributed by atoms with Gasteiger partial charge in [0.25, 0.3) is 0 Å². The van der Waals surface area contributed by atoms with Crippen LogP contribution in [-0.4, -0.2) is 26.8 Å². The van der Waals surface area contributed by atoms with E-state index < -0.39 is 0 Å². The van der Waals surface area contributed by atoms with Gasteiger partial charge < -0.3 is 10.1 Å². The van der Waals surface area contributed by atoms with Gasteiger partial charge in [0.05, 0.1) is 0 Å². The van der Waals surface area contributed by atoms with Crippen LogP contribution in [0.15, 0.2) is 0 Å². The molecule has 2 heteroatoms. The lowest BCUT2D eigenvalue weighted by atomic mass is 9.95. The molecule has 0 aliphatic carbocycles. The highest BCUT2D eigenvalue weighted by atomic mass is 16.5. The summed E-state index contributed by atoms with van der Waals surface area (Å²) in [7, 11) is 2.02. The number of rotatable bonds is 4. The Bertz CT molecular complexity index is 89.6. The van der Waals surface area contributed by atoms with Crippen molar-refractivity contribution in [2.24, 2.45) is 5.92 Å². The molecule has 0 radical (unpaired) electrons. The van der Waals surface area contributed by atoms with Gasteiger partial charge in [0.15, 0.2) is 0 Å². The van der Waals surface area contributed by atoms with Gasteiger partial charge in [0.2, 0.25) is 0 Å². The monoisotopic (exact) mass is 157 g/mol. The lowest BCUT2D eigenvalue weighted by Gasteiger charge is -2.21. The van der Waals surface area contributed by atoms with Crippen molar-refractivity contribution in [2.75, 3.05) is 26.8 Å². The van der Waals surface area contributed by atoms with Gasteiger partial charge in [-0.25, -0.2) is 0 Å². The second-order valence-electron chi connectivity index (χ2n) is 3.30. The van der Waals surface area contributed by atoms with Crippen molar-refractivity contribution < 1.29 is 4.74 Å². The van der Waals surface area contributed by atoms with Gasteiger partial charge in [-0.1, -0.05) is 0 Å². The normalized spacial score (nSPS) is 20.5. The molecule has 1 aliphatic heterocycles. The molecule has 1 N–H and O–H groups in total. The lowest BCUT2D eigenvalue weighted by Crippen LogP contribution is -2.17.